The highest BCUT2D eigenvalue weighted by atomic mass is 32.1. The molecule has 7 nitrogen and oxygen atoms in total. The Kier molecular flexibility index (Phi) is 4.91. The van der Waals surface area contributed by atoms with E-state index in [1.165, 1.54) is 16.7 Å². The Morgan fingerprint density at radius 2 is 2.20 bits per heavy atom. The second-order valence-electron chi connectivity index (χ2n) is 4.73. The molecule has 1 fully saturated rings. The van der Waals surface area contributed by atoms with Gasteiger partial charge < -0.3 is 20.2 Å². The predicted molar refractivity (Wildman–Crippen MR) is 75.0 cm³/mol. The van der Waals surface area contributed by atoms with E-state index < -0.39 is 5.97 Å². The van der Waals surface area contributed by atoms with Gasteiger partial charge in [-0.15, -0.1) is 11.3 Å². The highest BCUT2D eigenvalue weighted by molar-refractivity contribution is 7.09. The van der Waals surface area contributed by atoms with Crippen molar-refractivity contribution in [3.63, 3.8) is 0 Å². The average Bonchev–Trinajstić information content (AvgIpc) is 2.79. The molecule has 8 heteroatoms. The molecule has 0 radical (unpaired) electrons. The molecule has 1 aliphatic heterocycles. The number of nitrogens with zero attached hydrogens (tertiary/aromatic N) is 3. The van der Waals surface area contributed by atoms with Crippen molar-refractivity contribution in [1.82, 2.24) is 20.1 Å². The van der Waals surface area contributed by atoms with Crippen LogP contribution in [-0.4, -0.2) is 65.1 Å². The van der Waals surface area contributed by atoms with E-state index in [0.29, 0.717) is 11.6 Å². The zero-order chi connectivity index (χ0) is 14.5. The summed E-state index contributed by atoms with van der Waals surface area (Å²) in [7, 11) is 2.05. The maximum Gasteiger partial charge on any atom is 0.355 e. The van der Waals surface area contributed by atoms with Crippen LogP contribution in [0, 0.1) is 0 Å². The number of rotatable bonds is 3. The van der Waals surface area contributed by atoms with Gasteiger partial charge >= 0.3 is 12.0 Å². The third-order valence-corrected chi connectivity index (χ3v) is 4.02. The molecule has 1 saturated heterocycles. The van der Waals surface area contributed by atoms with Crippen LogP contribution in [-0.2, 0) is 6.54 Å². The van der Waals surface area contributed by atoms with Gasteiger partial charge in [0.15, 0.2) is 5.69 Å². The zero-order valence-electron chi connectivity index (χ0n) is 11.3. The van der Waals surface area contributed by atoms with Crippen molar-refractivity contribution in [2.45, 2.75) is 13.0 Å². The quantitative estimate of drug-likeness (QED) is 0.857. The van der Waals surface area contributed by atoms with Crippen LogP contribution in [0.1, 0.15) is 21.9 Å². The molecule has 1 aromatic rings. The summed E-state index contributed by atoms with van der Waals surface area (Å²) in [6.45, 7) is 3.59. The second kappa shape index (κ2) is 6.67. The normalized spacial score (nSPS) is 16.8. The Hall–Kier alpha value is -1.67. The first-order valence-corrected chi connectivity index (χ1v) is 7.33. The van der Waals surface area contributed by atoms with Crippen molar-refractivity contribution < 1.29 is 14.7 Å². The number of carboxylic acids is 1. The van der Waals surface area contributed by atoms with Gasteiger partial charge in [-0.05, 0) is 20.0 Å². The molecule has 0 bridgehead atoms. The third kappa shape index (κ3) is 3.91. The number of hydrogen-bond acceptors (Lipinski definition) is 5. The summed E-state index contributed by atoms with van der Waals surface area (Å²) in [4.78, 5) is 30.7. The molecule has 2 amide bonds. The van der Waals surface area contributed by atoms with Crippen molar-refractivity contribution in [3.05, 3.63) is 16.1 Å². The van der Waals surface area contributed by atoms with Gasteiger partial charge in [-0.2, -0.15) is 0 Å². The van der Waals surface area contributed by atoms with E-state index in [9.17, 15) is 9.59 Å². The predicted octanol–water partition coefficient (Wildman–Crippen LogP) is 0.688. The molecule has 0 atom stereocenters. The van der Waals surface area contributed by atoms with Gasteiger partial charge in [0.2, 0.25) is 0 Å². The lowest BCUT2D eigenvalue weighted by molar-refractivity contribution is 0.0691. The van der Waals surface area contributed by atoms with Crippen molar-refractivity contribution in [1.29, 1.82) is 0 Å². The van der Waals surface area contributed by atoms with E-state index in [2.05, 4.69) is 15.2 Å². The number of hydrogen-bond donors (Lipinski definition) is 2. The number of carbonyl (C=O) groups is 2. The molecular weight excluding hydrogens is 280 g/mol. The van der Waals surface area contributed by atoms with E-state index in [1.807, 2.05) is 7.05 Å². The van der Waals surface area contributed by atoms with Gasteiger partial charge in [-0.3, -0.25) is 0 Å². The van der Waals surface area contributed by atoms with Crippen molar-refractivity contribution in [2.24, 2.45) is 0 Å². The Labute approximate surface area is 121 Å². The molecule has 0 unspecified atom stereocenters. The number of carboxylic acid groups (broad SMARTS) is 1. The van der Waals surface area contributed by atoms with Crippen LogP contribution in [0.4, 0.5) is 4.79 Å². The minimum Gasteiger partial charge on any atom is -0.476 e. The van der Waals surface area contributed by atoms with Gasteiger partial charge in [0.05, 0.1) is 6.54 Å². The minimum atomic E-state index is -1.05. The van der Waals surface area contributed by atoms with Gasteiger partial charge in [-0.1, -0.05) is 0 Å². The second-order valence-corrected chi connectivity index (χ2v) is 5.68. The van der Waals surface area contributed by atoms with Gasteiger partial charge in [-0.25, -0.2) is 14.6 Å². The molecule has 2 rings (SSSR count). The summed E-state index contributed by atoms with van der Waals surface area (Å²) in [5, 5.41) is 13.6. The highest BCUT2D eigenvalue weighted by Gasteiger charge is 2.17. The molecule has 2 heterocycles. The molecule has 0 aliphatic carbocycles. The summed E-state index contributed by atoms with van der Waals surface area (Å²) in [6, 6.07) is -0.118. The molecular formula is C12H18N4O3S. The molecule has 110 valence electrons. The van der Waals surface area contributed by atoms with Crippen molar-refractivity contribution in [3.8, 4) is 0 Å². The summed E-state index contributed by atoms with van der Waals surface area (Å²) >= 11 is 1.24. The Balaban J connectivity index is 1.83. The Morgan fingerprint density at radius 1 is 1.40 bits per heavy atom. The lowest BCUT2D eigenvalue weighted by atomic mass is 10.4. The molecule has 0 aromatic carbocycles. The minimum absolute atomic E-state index is 0.0237. The van der Waals surface area contributed by atoms with Crippen LogP contribution in [0.25, 0.3) is 0 Å². The molecule has 1 aromatic heterocycles. The fourth-order valence-corrected chi connectivity index (χ4v) is 2.71. The number of nitrogens with one attached hydrogen (secondary N) is 1. The SMILES string of the molecule is CN1CCCN(C(=O)NCc2nc(C(=O)O)cs2)CC1. The van der Waals surface area contributed by atoms with E-state index in [0.717, 1.165) is 26.1 Å². The summed E-state index contributed by atoms with van der Waals surface area (Å²) in [5.74, 6) is -1.05. The van der Waals surface area contributed by atoms with Crippen LogP contribution in [0.5, 0.6) is 0 Å². The topological polar surface area (TPSA) is 85.8 Å². The van der Waals surface area contributed by atoms with Gasteiger partial charge in [0.1, 0.15) is 5.01 Å². The fraction of sp³-hybridized carbons (Fsp3) is 0.583. The highest BCUT2D eigenvalue weighted by Crippen LogP contribution is 2.09. The van der Waals surface area contributed by atoms with E-state index in [-0.39, 0.29) is 18.3 Å². The summed E-state index contributed by atoms with van der Waals surface area (Å²) in [5.41, 5.74) is 0.0237. The fourth-order valence-electron chi connectivity index (χ4n) is 2.00. The first-order valence-electron chi connectivity index (χ1n) is 6.45. The number of urea groups is 1. The number of amides is 2. The standard InChI is InChI=1S/C12H18N4O3S/c1-15-3-2-4-16(6-5-15)12(19)13-7-10-14-9(8-20-10)11(17)18/h8H,2-7H2,1H3,(H,13,19)(H,17,18). The van der Waals surface area contributed by atoms with Crippen LogP contribution in [0.2, 0.25) is 0 Å². The lowest BCUT2D eigenvalue weighted by Crippen LogP contribution is -2.41. The van der Waals surface area contributed by atoms with E-state index in [4.69, 9.17) is 5.11 Å². The summed E-state index contributed by atoms with van der Waals surface area (Å²) in [6.07, 6.45) is 0.963. The molecule has 0 saturated carbocycles. The lowest BCUT2D eigenvalue weighted by Gasteiger charge is -2.20. The Bertz CT molecular complexity index is 491. The molecule has 2 N–H and O–H groups in total. The number of aromatic nitrogens is 1. The van der Waals surface area contributed by atoms with Crippen molar-refractivity contribution >= 4 is 23.3 Å². The number of thiazole rings is 1. The smallest absolute Gasteiger partial charge is 0.355 e. The van der Waals surface area contributed by atoms with E-state index >= 15 is 0 Å². The van der Waals surface area contributed by atoms with Crippen LogP contribution < -0.4 is 5.32 Å². The van der Waals surface area contributed by atoms with Crippen molar-refractivity contribution in [2.75, 3.05) is 33.2 Å². The van der Waals surface area contributed by atoms with Gasteiger partial charge in [0.25, 0.3) is 0 Å². The van der Waals surface area contributed by atoms with Crippen LogP contribution >= 0.6 is 11.3 Å². The van der Waals surface area contributed by atoms with E-state index in [1.54, 1.807) is 4.90 Å². The maximum absolute atomic E-state index is 12.0. The van der Waals surface area contributed by atoms with Gasteiger partial charge in [0, 0.05) is 25.0 Å². The molecule has 0 spiro atoms. The zero-order valence-corrected chi connectivity index (χ0v) is 12.2. The van der Waals surface area contributed by atoms with Crippen LogP contribution in [0.15, 0.2) is 5.38 Å². The Morgan fingerprint density at radius 3 is 2.90 bits per heavy atom. The molecule has 20 heavy (non-hydrogen) atoms. The van der Waals surface area contributed by atoms with Crippen LogP contribution in [0.3, 0.4) is 0 Å². The maximum atomic E-state index is 12.0. The number of carbonyl (C=O) groups excluding carboxylic acids is 1. The average molecular weight is 298 g/mol. The number of aromatic carboxylic acids is 1. The largest absolute Gasteiger partial charge is 0.476 e. The first kappa shape index (κ1) is 14.7. The monoisotopic (exact) mass is 298 g/mol. The summed E-state index contributed by atoms with van der Waals surface area (Å²) < 4.78 is 0. The number of likely N-dealkylation sites (N-methyl/N-ethyl adjacent to an activating group) is 1. The first-order chi connectivity index (χ1) is 9.56. The third-order valence-electron chi connectivity index (χ3n) is 3.17. The molecule has 1 aliphatic rings.